The molecule has 0 radical (unpaired) electrons. The van der Waals surface area contributed by atoms with Gasteiger partial charge in [-0.05, 0) is 31.2 Å². The largest absolute Gasteiger partial charge is 0.481 e. The van der Waals surface area contributed by atoms with Crippen LogP contribution in [-0.2, 0) is 9.53 Å². The molecule has 1 aliphatic heterocycles. The minimum Gasteiger partial charge on any atom is -0.481 e. The number of amides is 1. The molecule has 0 aromatic heterocycles. The second-order valence-corrected chi connectivity index (χ2v) is 6.09. The number of thioether (sulfide) groups is 1. The number of benzene rings is 1. The molecule has 1 aromatic rings. The molecule has 1 aromatic carbocycles. The Balaban J connectivity index is 1.82. The molecule has 0 aliphatic carbocycles. The van der Waals surface area contributed by atoms with E-state index in [1.165, 1.54) is 0 Å². The zero-order valence-corrected chi connectivity index (χ0v) is 12.7. The normalized spacial score (nSPS) is 23.3. The van der Waals surface area contributed by atoms with Gasteiger partial charge in [0.1, 0.15) is 5.75 Å². The fourth-order valence-electron chi connectivity index (χ4n) is 2.11. The van der Waals surface area contributed by atoms with Crippen LogP contribution in [-0.4, -0.2) is 42.8 Å². The highest BCUT2D eigenvalue weighted by atomic mass is 32.2. The van der Waals surface area contributed by atoms with Crippen LogP contribution in [0.15, 0.2) is 30.3 Å². The lowest BCUT2D eigenvalue weighted by atomic mass is 10.0. The maximum absolute atomic E-state index is 12.1. The van der Waals surface area contributed by atoms with E-state index < -0.39 is 6.10 Å². The van der Waals surface area contributed by atoms with E-state index in [-0.39, 0.29) is 11.5 Å². The average Bonchev–Trinajstić information content (AvgIpc) is 2.95. The van der Waals surface area contributed by atoms with Gasteiger partial charge in [-0.25, -0.2) is 0 Å². The lowest BCUT2D eigenvalue weighted by molar-refractivity contribution is -0.128. The minimum atomic E-state index is -0.514. The second kappa shape index (κ2) is 6.99. The smallest absolute Gasteiger partial charge is 0.260 e. The highest BCUT2D eigenvalue weighted by molar-refractivity contribution is 7.99. The number of ether oxygens (including phenoxy) is 2. The summed E-state index contributed by atoms with van der Waals surface area (Å²) in [4.78, 5) is 12.1. The Morgan fingerprint density at radius 1 is 1.45 bits per heavy atom. The highest BCUT2D eigenvalue weighted by Crippen LogP contribution is 2.30. The fraction of sp³-hybridized carbons (Fsp3) is 0.533. The first kappa shape index (κ1) is 15.2. The van der Waals surface area contributed by atoms with Crippen molar-refractivity contribution in [3.63, 3.8) is 0 Å². The van der Waals surface area contributed by atoms with Crippen molar-refractivity contribution in [2.24, 2.45) is 0 Å². The maximum atomic E-state index is 12.1. The first-order chi connectivity index (χ1) is 9.65. The third-order valence-corrected chi connectivity index (χ3v) is 4.73. The van der Waals surface area contributed by atoms with Crippen LogP contribution >= 0.6 is 11.8 Å². The van der Waals surface area contributed by atoms with E-state index >= 15 is 0 Å². The minimum absolute atomic E-state index is 0.109. The molecule has 1 heterocycles. The van der Waals surface area contributed by atoms with Gasteiger partial charge in [-0.1, -0.05) is 18.2 Å². The zero-order chi connectivity index (χ0) is 14.4. The third-order valence-electron chi connectivity index (χ3n) is 3.51. The molecular formula is C15H21NO3S. The van der Waals surface area contributed by atoms with Gasteiger partial charge >= 0.3 is 0 Å². The van der Waals surface area contributed by atoms with Gasteiger partial charge in [0.2, 0.25) is 0 Å². The van der Waals surface area contributed by atoms with Crippen LogP contribution in [0, 0.1) is 0 Å². The Morgan fingerprint density at radius 3 is 2.80 bits per heavy atom. The van der Waals surface area contributed by atoms with E-state index in [1.54, 1.807) is 14.0 Å². The Morgan fingerprint density at radius 2 is 2.20 bits per heavy atom. The van der Waals surface area contributed by atoms with Crippen LogP contribution in [0.2, 0.25) is 0 Å². The molecule has 2 atom stereocenters. The second-order valence-electron chi connectivity index (χ2n) is 4.98. The number of hydrogen-bond donors (Lipinski definition) is 1. The Hall–Kier alpha value is -1.20. The first-order valence-electron chi connectivity index (χ1n) is 6.77. The number of rotatable bonds is 6. The Kier molecular flexibility index (Phi) is 5.31. The Labute approximate surface area is 124 Å². The molecule has 20 heavy (non-hydrogen) atoms. The summed E-state index contributed by atoms with van der Waals surface area (Å²) >= 11 is 1.86. The standard InChI is InChI=1S/C15H21NO3S/c1-12(19-13-6-4-3-5-7-13)14(17)16-10-15(18-2)8-9-20-11-15/h3-7,12H,8-11H2,1-2H3,(H,16,17). The van der Waals surface area contributed by atoms with E-state index in [0.29, 0.717) is 12.3 Å². The fourth-order valence-corrected chi connectivity index (χ4v) is 3.51. The van der Waals surface area contributed by atoms with Gasteiger partial charge in [0, 0.05) is 19.4 Å². The molecule has 1 N–H and O–H groups in total. The highest BCUT2D eigenvalue weighted by Gasteiger charge is 2.35. The predicted molar refractivity (Wildman–Crippen MR) is 81.2 cm³/mol. The summed E-state index contributed by atoms with van der Waals surface area (Å²) in [7, 11) is 1.71. The molecule has 0 spiro atoms. The van der Waals surface area contributed by atoms with Gasteiger partial charge in [-0.2, -0.15) is 11.8 Å². The van der Waals surface area contributed by atoms with Crippen LogP contribution in [0.25, 0.3) is 0 Å². The van der Waals surface area contributed by atoms with E-state index in [0.717, 1.165) is 17.9 Å². The van der Waals surface area contributed by atoms with Crippen molar-refractivity contribution in [1.29, 1.82) is 0 Å². The molecule has 5 heteroatoms. The van der Waals surface area contributed by atoms with Crippen molar-refractivity contribution in [2.45, 2.75) is 25.0 Å². The molecule has 1 aliphatic rings. The monoisotopic (exact) mass is 295 g/mol. The summed E-state index contributed by atoms with van der Waals surface area (Å²) in [6, 6.07) is 9.37. The summed E-state index contributed by atoms with van der Waals surface area (Å²) in [5.41, 5.74) is -0.215. The zero-order valence-electron chi connectivity index (χ0n) is 11.9. The van der Waals surface area contributed by atoms with Crippen molar-refractivity contribution in [1.82, 2.24) is 5.32 Å². The third kappa shape index (κ3) is 3.90. The SMILES string of the molecule is COC1(CNC(=O)C(C)Oc2ccccc2)CCSC1. The van der Waals surface area contributed by atoms with Crippen molar-refractivity contribution in [3.8, 4) is 5.75 Å². The van der Waals surface area contributed by atoms with E-state index in [4.69, 9.17) is 9.47 Å². The van der Waals surface area contributed by atoms with Crippen LogP contribution in [0.1, 0.15) is 13.3 Å². The molecule has 0 saturated carbocycles. The van der Waals surface area contributed by atoms with Crippen LogP contribution in [0.4, 0.5) is 0 Å². The number of nitrogens with one attached hydrogen (secondary N) is 1. The Bertz CT molecular complexity index is 432. The molecule has 2 rings (SSSR count). The number of para-hydroxylation sites is 1. The molecule has 1 amide bonds. The van der Waals surface area contributed by atoms with E-state index in [2.05, 4.69) is 5.32 Å². The van der Waals surface area contributed by atoms with Gasteiger partial charge in [-0.3, -0.25) is 4.79 Å². The van der Waals surface area contributed by atoms with Gasteiger partial charge in [-0.15, -0.1) is 0 Å². The summed E-state index contributed by atoms with van der Waals surface area (Å²) in [6.07, 6.45) is 0.461. The maximum Gasteiger partial charge on any atom is 0.260 e. The molecule has 0 bridgehead atoms. The molecule has 4 nitrogen and oxygen atoms in total. The lowest BCUT2D eigenvalue weighted by Crippen LogP contribution is -2.47. The van der Waals surface area contributed by atoms with Crippen LogP contribution in [0.5, 0.6) is 5.75 Å². The molecule has 1 fully saturated rings. The summed E-state index contributed by atoms with van der Waals surface area (Å²) < 4.78 is 11.2. The summed E-state index contributed by atoms with van der Waals surface area (Å²) in [6.45, 7) is 2.29. The van der Waals surface area contributed by atoms with Crippen molar-refractivity contribution in [2.75, 3.05) is 25.2 Å². The van der Waals surface area contributed by atoms with Crippen LogP contribution in [0.3, 0.4) is 0 Å². The van der Waals surface area contributed by atoms with Crippen LogP contribution < -0.4 is 10.1 Å². The summed E-state index contributed by atoms with van der Waals surface area (Å²) in [5.74, 6) is 2.60. The van der Waals surface area contributed by atoms with Gasteiger partial charge in [0.25, 0.3) is 5.91 Å². The molecular weight excluding hydrogens is 274 g/mol. The van der Waals surface area contributed by atoms with Crippen molar-refractivity contribution < 1.29 is 14.3 Å². The number of hydrogen-bond acceptors (Lipinski definition) is 4. The van der Waals surface area contributed by atoms with E-state index in [9.17, 15) is 4.79 Å². The summed E-state index contributed by atoms with van der Waals surface area (Å²) in [5, 5.41) is 2.93. The van der Waals surface area contributed by atoms with Gasteiger partial charge in [0.05, 0.1) is 5.60 Å². The molecule has 1 saturated heterocycles. The van der Waals surface area contributed by atoms with Gasteiger partial charge < -0.3 is 14.8 Å². The van der Waals surface area contributed by atoms with E-state index in [1.807, 2.05) is 42.1 Å². The topological polar surface area (TPSA) is 47.6 Å². The van der Waals surface area contributed by atoms with Gasteiger partial charge in [0.15, 0.2) is 6.10 Å². The quantitative estimate of drug-likeness (QED) is 0.873. The van der Waals surface area contributed by atoms with Crippen molar-refractivity contribution >= 4 is 17.7 Å². The predicted octanol–water partition coefficient (Wildman–Crippen LogP) is 2.09. The molecule has 2 unspecified atom stereocenters. The molecule has 110 valence electrons. The lowest BCUT2D eigenvalue weighted by Gasteiger charge is -2.27. The number of carbonyl (C=O) groups excluding carboxylic acids is 1. The number of carbonyl (C=O) groups is 1. The van der Waals surface area contributed by atoms with Crippen molar-refractivity contribution in [3.05, 3.63) is 30.3 Å². The first-order valence-corrected chi connectivity index (χ1v) is 7.93. The number of methoxy groups -OCH3 is 1. The average molecular weight is 295 g/mol.